The van der Waals surface area contributed by atoms with E-state index in [1.807, 2.05) is 24.0 Å². The molecule has 3 heterocycles. The number of amides is 1. The van der Waals surface area contributed by atoms with E-state index in [0.29, 0.717) is 53.9 Å². The molecule has 1 saturated heterocycles. The third kappa shape index (κ3) is 4.00. The van der Waals surface area contributed by atoms with Gasteiger partial charge in [-0.25, -0.2) is 0 Å². The van der Waals surface area contributed by atoms with E-state index >= 15 is 0 Å². The number of likely N-dealkylation sites (tertiary alicyclic amines) is 1. The van der Waals surface area contributed by atoms with E-state index in [1.165, 1.54) is 0 Å². The molecule has 2 fully saturated rings. The van der Waals surface area contributed by atoms with Gasteiger partial charge in [-0.15, -0.1) is 0 Å². The molecule has 0 radical (unpaired) electrons. The van der Waals surface area contributed by atoms with Crippen molar-refractivity contribution in [1.29, 1.82) is 0 Å². The Hall–Kier alpha value is -2.64. The summed E-state index contributed by atoms with van der Waals surface area (Å²) in [6.45, 7) is 3.16. The van der Waals surface area contributed by atoms with E-state index in [4.69, 9.17) is 20.9 Å². The third-order valence-electron chi connectivity index (χ3n) is 6.40. The number of rotatable bonds is 4. The van der Waals surface area contributed by atoms with Gasteiger partial charge >= 0.3 is 0 Å². The molecule has 4 atom stereocenters. The molecule has 2 aromatic heterocycles. The molecule has 162 valence electrons. The van der Waals surface area contributed by atoms with Crippen LogP contribution in [0, 0.1) is 18.8 Å². The number of hydrogen-bond donors (Lipinski definition) is 1. The lowest BCUT2D eigenvalue weighted by Crippen LogP contribution is -2.42. The van der Waals surface area contributed by atoms with Gasteiger partial charge in [-0.05, 0) is 55.9 Å². The molecule has 1 saturated carbocycles. The van der Waals surface area contributed by atoms with Crippen LogP contribution in [-0.4, -0.2) is 51.4 Å². The zero-order valence-electron chi connectivity index (χ0n) is 17.2. The minimum atomic E-state index is -0.595. The Morgan fingerprint density at radius 3 is 2.87 bits per heavy atom. The monoisotopic (exact) mass is 441 g/mol. The lowest BCUT2D eigenvalue weighted by atomic mass is 9.78. The maximum absolute atomic E-state index is 12.7. The van der Waals surface area contributed by atoms with Crippen molar-refractivity contribution < 1.29 is 19.2 Å². The Morgan fingerprint density at radius 1 is 1.29 bits per heavy atom. The summed E-state index contributed by atoms with van der Waals surface area (Å²) in [5, 5.41) is 16.1. The number of aryl methyl sites for hydroxylation is 1. The first-order chi connectivity index (χ1) is 15.0. The molecular formula is C23H24ClN3O4. The molecule has 1 aromatic carbocycles. The first-order valence-electron chi connectivity index (χ1n) is 10.6. The van der Waals surface area contributed by atoms with E-state index in [1.54, 1.807) is 24.4 Å². The fraction of sp³-hybridized carbons (Fsp3) is 0.435. The van der Waals surface area contributed by atoms with Crippen LogP contribution in [0.5, 0.6) is 5.75 Å². The van der Waals surface area contributed by atoms with Crippen LogP contribution in [0.3, 0.4) is 0 Å². The van der Waals surface area contributed by atoms with Crippen molar-refractivity contribution in [2.75, 3.05) is 13.1 Å². The number of nitrogens with zero attached hydrogens (tertiary/aromatic N) is 3. The topological polar surface area (TPSA) is 88.7 Å². The average molecular weight is 442 g/mol. The van der Waals surface area contributed by atoms with Crippen molar-refractivity contribution in [3.8, 4) is 5.75 Å². The summed E-state index contributed by atoms with van der Waals surface area (Å²) in [7, 11) is 0. The highest BCUT2D eigenvalue weighted by molar-refractivity contribution is 6.35. The fourth-order valence-corrected chi connectivity index (χ4v) is 5.07. The predicted octanol–water partition coefficient (Wildman–Crippen LogP) is 3.40. The van der Waals surface area contributed by atoms with Crippen LogP contribution in [0.25, 0.3) is 10.9 Å². The summed E-state index contributed by atoms with van der Waals surface area (Å²) < 4.78 is 11.4. The third-order valence-corrected chi connectivity index (χ3v) is 6.73. The summed E-state index contributed by atoms with van der Waals surface area (Å²) >= 11 is 6.29. The van der Waals surface area contributed by atoms with Crippen molar-refractivity contribution in [2.24, 2.45) is 11.8 Å². The number of ether oxygens (including phenoxy) is 1. The largest absolute Gasteiger partial charge is 0.485 e. The summed E-state index contributed by atoms with van der Waals surface area (Å²) in [6.07, 6.45) is 2.27. The molecule has 8 heteroatoms. The Labute approximate surface area is 184 Å². The van der Waals surface area contributed by atoms with Gasteiger partial charge in [-0.2, -0.15) is 0 Å². The molecule has 31 heavy (non-hydrogen) atoms. The van der Waals surface area contributed by atoms with Crippen LogP contribution in [0.15, 0.2) is 41.1 Å². The van der Waals surface area contributed by atoms with E-state index < -0.39 is 6.10 Å². The molecule has 1 aliphatic heterocycles. The number of fused-ring (bicyclic) bond motifs is 2. The number of carbonyl (C=O) groups is 1. The number of aliphatic hydroxyl groups is 1. The second-order valence-electron chi connectivity index (χ2n) is 8.57. The van der Waals surface area contributed by atoms with Gasteiger partial charge in [-0.1, -0.05) is 16.8 Å². The molecule has 0 bridgehead atoms. The van der Waals surface area contributed by atoms with Gasteiger partial charge in [0, 0.05) is 30.7 Å². The molecule has 3 aromatic rings. The van der Waals surface area contributed by atoms with Gasteiger partial charge in [0.25, 0.3) is 0 Å². The van der Waals surface area contributed by atoms with Crippen LogP contribution in [-0.2, 0) is 11.2 Å². The van der Waals surface area contributed by atoms with Gasteiger partial charge in [0.2, 0.25) is 5.91 Å². The molecule has 5 rings (SSSR count). The van der Waals surface area contributed by atoms with E-state index in [-0.39, 0.29) is 24.3 Å². The molecule has 7 nitrogen and oxygen atoms in total. The average Bonchev–Trinajstić information content (AvgIpc) is 3.36. The highest BCUT2D eigenvalue weighted by Crippen LogP contribution is 2.39. The van der Waals surface area contributed by atoms with Crippen LogP contribution < -0.4 is 4.74 Å². The van der Waals surface area contributed by atoms with Crippen molar-refractivity contribution in [3.05, 3.63) is 53.0 Å². The zero-order chi connectivity index (χ0) is 21.5. The molecule has 1 amide bonds. The quantitative estimate of drug-likeness (QED) is 0.667. The van der Waals surface area contributed by atoms with Crippen molar-refractivity contribution in [2.45, 2.75) is 38.4 Å². The molecule has 1 aliphatic carbocycles. The van der Waals surface area contributed by atoms with Crippen molar-refractivity contribution in [1.82, 2.24) is 15.0 Å². The highest BCUT2D eigenvalue weighted by atomic mass is 35.5. The maximum Gasteiger partial charge on any atom is 0.230 e. The van der Waals surface area contributed by atoms with Crippen LogP contribution in [0.1, 0.15) is 24.3 Å². The second kappa shape index (κ2) is 8.13. The first kappa shape index (κ1) is 20.3. The normalized spacial score (nSPS) is 25.6. The smallest absolute Gasteiger partial charge is 0.230 e. The van der Waals surface area contributed by atoms with Crippen LogP contribution >= 0.6 is 11.6 Å². The Balaban J connectivity index is 1.27. The highest BCUT2D eigenvalue weighted by Gasteiger charge is 2.44. The Morgan fingerprint density at radius 2 is 2.10 bits per heavy atom. The minimum Gasteiger partial charge on any atom is -0.485 e. The van der Waals surface area contributed by atoms with Crippen molar-refractivity contribution >= 4 is 28.4 Å². The van der Waals surface area contributed by atoms with Gasteiger partial charge < -0.3 is 19.3 Å². The summed E-state index contributed by atoms with van der Waals surface area (Å²) in [6, 6.07) is 9.13. The number of carbonyl (C=O) groups excluding carboxylic acids is 1. The van der Waals surface area contributed by atoms with Gasteiger partial charge in [0.1, 0.15) is 23.1 Å². The molecule has 0 unspecified atom stereocenters. The second-order valence-corrected chi connectivity index (χ2v) is 8.98. The van der Waals surface area contributed by atoms with E-state index in [2.05, 4.69) is 10.1 Å². The van der Waals surface area contributed by atoms with E-state index in [0.717, 1.165) is 11.1 Å². The Kier molecular flexibility index (Phi) is 5.32. The van der Waals surface area contributed by atoms with Crippen molar-refractivity contribution in [3.63, 3.8) is 0 Å². The van der Waals surface area contributed by atoms with Crippen LogP contribution in [0.4, 0.5) is 0 Å². The Bertz CT molecular complexity index is 1120. The minimum absolute atomic E-state index is 0.0328. The maximum atomic E-state index is 12.7. The molecule has 1 N–H and O–H groups in total. The van der Waals surface area contributed by atoms with Gasteiger partial charge in [0.15, 0.2) is 0 Å². The molecule has 0 spiro atoms. The zero-order valence-corrected chi connectivity index (χ0v) is 18.0. The summed E-state index contributed by atoms with van der Waals surface area (Å²) in [5.74, 6) is 1.80. The van der Waals surface area contributed by atoms with Crippen LogP contribution in [0.2, 0.25) is 5.02 Å². The number of aliphatic hydroxyl groups excluding tert-OH is 1. The SMILES string of the molecule is Cc1cc(CC(=O)N2C[C@H]3C[C@@H](Oc4ccc(Cl)c5cccnc45)[C@H](O)C[C@H]3C2)on1. The lowest BCUT2D eigenvalue weighted by molar-refractivity contribution is -0.130. The number of aromatic nitrogens is 2. The number of halogens is 1. The number of pyridine rings is 1. The number of hydrogen-bond acceptors (Lipinski definition) is 6. The lowest BCUT2D eigenvalue weighted by Gasteiger charge is -2.35. The number of benzene rings is 1. The first-order valence-corrected chi connectivity index (χ1v) is 10.9. The van der Waals surface area contributed by atoms with Gasteiger partial charge in [-0.3, -0.25) is 9.78 Å². The molecular weight excluding hydrogens is 418 g/mol. The predicted molar refractivity (Wildman–Crippen MR) is 115 cm³/mol. The van der Waals surface area contributed by atoms with Gasteiger partial charge in [0.05, 0.1) is 23.2 Å². The fourth-order valence-electron chi connectivity index (χ4n) is 4.85. The van der Waals surface area contributed by atoms with E-state index in [9.17, 15) is 9.90 Å². The standard InChI is InChI=1S/C23H24ClN3O4/c1-13-7-16(31-26-13)10-22(29)27-11-14-8-19(28)21(9-15(14)12-27)30-20-5-4-18(24)17-3-2-6-25-23(17)20/h2-7,14-15,19,21,28H,8-12H2,1H3/t14-,15+,19+,21+/m0/s1. The molecule has 2 aliphatic rings. The summed E-state index contributed by atoms with van der Waals surface area (Å²) in [5.41, 5.74) is 1.46. The summed E-state index contributed by atoms with van der Waals surface area (Å²) in [4.78, 5) is 19.0.